The van der Waals surface area contributed by atoms with Crippen LogP contribution in [0.3, 0.4) is 0 Å². The number of hydrogen-bond donors (Lipinski definition) is 2. The summed E-state index contributed by atoms with van der Waals surface area (Å²) in [7, 11) is 0. The zero-order chi connectivity index (χ0) is 12.9. The van der Waals surface area contributed by atoms with Gasteiger partial charge < -0.3 is 5.11 Å². The Kier molecular flexibility index (Phi) is 2.38. The number of nitrogens with zero attached hydrogens (tertiary/aromatic N) is 1. The van der Waals surface area contributed by atoms with E-state index in [2.05, 4.69) is 5.32 Å². The van der Waals surface area contributed by atoms with Crippen LogP contribution in [0.15, 0.2) is 24.3 Å². The summed E-state index contributed by atoms with van der Waals surface area (Å²) in [6.07, 6.45) is 0.307. The minimum absolute atomic E-state index is 0.0616. The van der Waals surface area contributed by atoms with Gasteiger partial charge in [0.05, 0.1) is 6.17 Å². The molecule has 0 radical (unpaired) electrons. The Hall–Kier alpha value is -1.88. The molecule has 18 heavy (non-hydrogen) atoms. The lowest BCUT2D eigenvalue weighted by molar-refractivity contribution is -0.139. The number of anilines is 1. The van der Waals surface area contributed by atoms with E-state index in [0.29, 0.717) is 6.42 Å². The molecule has 0 spiro atoms. The van der Waals surface area contributed by atoms with E-state index >= 15 is 0 Å². The Morgan fingerprint density at radius 1 is 1.39 bits per heavy atom. The third-order valence-electron chi connectivity index (χ3n) is 3.75. The molecule has 0 aromatic heterocycles. The lowest BCUT2D eigenvalue weighted by Gasteiger charge is -2.24. The van der Waals surface area contributed by atoms with Crippen LogP contribution in [0.25, 0.3) is 0 Å². The van der Waals surface area contributed by atoms with E-state index in [4.69, 9.17) is 5.11 Å². The average molecular weight is 246 g/mol. The number of carbonyl (C=O) groups is 2. The highest BCUT2D eigenvalue weighted by atomic mass is 16.4. The van der Waals surface area contributed by atoms with E-state index in [1.807, 2.05) is 24.3 Å². The van der Waals surface area contributed by atoms with Gasteiger partial charge in [-0.2, -0.15) is 0 Å². The van der Waals surface area contributed by atoms with Crippen molar-refractivity contribution >= 4 is 17.6 Å². The Balaban J connectivity index is 2.03. The van der Waals surface area contributed by atoms with Gasteiger partial charge in [-0.05, 0) is 18.1 Å². The first-order valence-electron chi connectivity index (χ1n) is 5.97. The van der Waals surface area contributed by atoms with E-state index in [9.17, 15) is 9.59 Å². The van der Waals surface area contributed by atoms with E-state index < -0.39 is 12.0 Å². The third-order valence-corrected chi connectivity index (χ3v) is 3.75. The molecule has 3 rings (SSSR count). The summed E-state index contributed by atoms with van der Waals surface area (Å²) in [5, 5.41) is 12.1. The summed E-state index contributed by atoms with van der Waals surface area (Å²) >= 11 is 0. The van der Waals surface area contributed by atoms with Crippen molar-refractivity contribution in [3.05, 3.63) is 29.8 Å². The maximum absolute atomic E-state index is 11.8. The zero-order valence-corrected chi connectivity index (χ0v) is 9.96. The second-order valence-corrected chi connectivity index (χ2v) is 4.79. The molecule has 0 bridgehead atoms. The van der Waals surface area contributed by atoms with Crippen molar-refractivity contribution in [1.29, 1.82) is 0 Å². The standard InChI is InChI=1S/C13H14N2O3/c1-7(16)15-11-5-3-2-4-8(11)9-6-10(13(17)18)14-12(9)15/h2-5,9-10,12,14H,6H2,1H3,(H,17,18)/t9-,10+,12+/m1/s1. The highest BCUT2D eigenvalue weighted by Crippen LogP contribution is 2.45. The van der Waals surface area contributed by atoms with Gasteiger partial charge in [-0.15, -0.1) is 0 Å². The predicted octanol–water partition coefficient (Wildman–Crippen LogP) is 0.909. The molecule has 94 valence electrons. The third kappa shape index (κ3) is 1.44. The first kappa shape index (κ1) is 11.2. The molecule has 2 heterocycles. The lowest BCUT2D eigenvalue weighted by Crippen LogP contribution is -2.47. The fraction of sp³-hybridized carbons (Fsp3) is 0.385. The van der Waals surface area contributed by atoms with E-state index in [1.165, 1.54) is 6.92 Å². The molecular weight excluding hydrogens is 232 g/mol. The molecule has 2 N–H and O–H groups in total. The fourth-order valence-electron chi connectivity index (χ4n) is 3.03. The van der Waals surface area contributed by atoms with Crippen LogP contribution in [-0.4, -0.2) is 29.2 Å². The number of fused-ring (bicyclic) bond motifs is 3. The lowest BCUT2D eigenvalue weighted by atomic mass is 9.96. The van der Waals surface area contributed by atoms with Crippen LogP contribution in [0.4, 0.5) is 5.69 Å². The predicted molar refractivity (Wildman–Crippen MR) is 65.3 cm³/mol. The second-order valence-electron chi connectivity index (χ2n) is 4.79. The largest absolute Gasteiger partial charge is 0.480 e. The van der Waals surface area contributed by atoms with Crippen molar-refractivity contribution in [1.82, 2.24) is 5.32 Å². The van der Waals surface area contributed by atoms with Crippen molar-refractivity contribution in [2.75, 3.05) is 4.90 Å². The molecule has 1 aromatic rings. The number of nitrogens with one attached hydrogen (secondary N) is 1. The summed E-state index contributed by atoms with van der Waals surface area (Å²) in [6.45, 7) is 1.51. The normalized spacial score (nSPS) is 28.9. The summed E-state index contributed by atoms with van der Waals surface area (Å²) in [4.78, 5) is 24.5. The van der Waals surface area contributed by atoms with Crippen molar-refractivity contribution in [3.63, 3.8) is 0 Å². The highest BCUT2D eigenvalue weighted by molar-refractivity contribution is 5.95. The van der Waals surface area contributed by atoms with E-state index in [1.54, 1.807) is 4.90 Å². The molecule has 3 atom stereocenters. The minimum atomic E-state index is -0.856. The van der Waals surface area contributed by atoms with Crippen molar-refractivity contribution in [2.45, 2.75) is 31.5 Å². The number of hydrogen-bond acceptors (Lipinski definition) is 3. The molecule has 5 nitrogen and oxygen atoms in total. The first-order chi connectivity index (χ1) is 8.59. The van der Waals surface area contributed by atoms with Crippen LogP contribution in [0.1, 0.15) is 24.8 Å². The summed E-state index contributed by atoms with van der Waals surface area (Å²) in [6, 6.07) is 7.13. The molecule has 0 unspecified atom stereocenters. The van der Waals surface area contributed by atoms with Crippen molar-refractivity contribution in [3.8, 4) is 0 Å². The molecule has 2 aliphatic heterocycles. The fourth-order valence-corrected chi connectivity index (χ4v) is 3.03. The van der Waals surface area contributed by atoms with Crippen LogP contribution in [0.2, 0.25) is 0 Å². The van der Waals surface area contributed by atoms with Gasteiger partial charge in [-0.1, -0.05) is 18.2 Å². The SMILES string of the molecule is CC(=O)N1c2ccccc2[C@H]2C[C@@H](C(=O)O)N[C@H]21. The van der Waals surface area contributed by atoms with Gasteiger partial charge in [0, 0.05) is 18.5 Å². The van der Waals surface area contributed by atoms with Gasteiger partial charge in [0.25, 0.3) is 0 Å². The van der Waals surface area contributed by atoms with Crippen LogP contribution < -0.4 is 10.2 Å². The van der Waals surface area contributed by atoms with Crippen LogP contribution in [-0.2, 0) is 9.59 Å². The molecule has 1 aromatic carbocycles. The van der Waals surface area contributed by atoms with Gasteiger partial charge >= 0.3 is 5.97 Å². The highest BCUT2D eigenvalue weighted by Gasteiger charge is 2.48. The first-order valence-corrected chi connectivity index (χ1v) is 5.97. The number of carbonyl (C=O) groups excluding carboxylic acids is 1. The molecule has 0 aliphatic carbocycles. The Bertz CT molecular complexity index is 529. The van der Waals surface area contributed by atoms with Gasteiger partial charge in [-0.3, -0.25) is 19.8 Å². The summed E-state index contributed by atoms with van der Waals surface area (Å²) in [5.41, 5.74) is 1.96. The average Bonchev–Trinajstić information content (AvgIpc) is 2.84. The van der Waals surface area contributed by atoms with Crippen molar-refractivity contribution in [2.24, 2.45) is 0 Å². The zero-order valence-electron chi connectivity index (χ0n) is 9.96. The monoisotopic (exact) mass is 246 g/mol. The number of rotatable bonds is 1. The van der Waals surface area contributed by atoms with Gasteiger partial charge in [0.2, 0.25) is 5.91 Å². The van der Waals surface area contributed by atoms with Gasteiger partial charge in [0.15, 0.2) is 0 Å². The smallest absolute Gasteiger partial charge is 0.320 e. The summed E-state index contributed by atoms with van der Waals surface area (Å²) in [5.74, 6) is -0.843. The molecule has 0 saturated carbocycles. The van der Waals surface area contributed by atoms with Crippen molar-refractivity contribution < 1.29 is 14.7 Å². The second kappa shape index (κ2) is 3.81. The number of carboxylic acids is 1. The number of aliphatic carboxylic acids is 1. The Labute approximate surface area is 104 Å². The minimum Gasteiger partial charge on any atom is -0.480 e. The summed E-state index contributed by atoms with van der Waals surface area (Å²) < 4.78 is 0. The van der Waals surface area contributed by atoms with Gasteiger partial charge in [0.1, 0.15) is 6.04 Å². The molecule has 1 fully saturated rings. The number of benzene rings is 1. The van der Waals surface area contributed by atoms with Crippen LogP contribution in [0.5, 0.6) is 0 Å². The number of para-hydroxylation sites is 1. The van der Waals surface area contributed by atoms with E-state index in [0.717, 1.165) is 11.3 Å². The van der Waals surface area contributed by atoms with Gasteiger partial charge in [-0.25, -0.2) is 0 Å². The molecule has 5 heteroatoms. The quantitative estimate of drug-likeness (QED) is 0.772. The van der Waals surface area contributed by atoms with E-state index in [-0.39, 0.29) is 18.0 Å². The molecule has 1 amide bonds. The molecule has 2 aliphatic rings. The Morgan fingerprint density at radius 3 is 2.78 bits per heavy atom. The Morgan fingerprint density at radius 2 is 2.11 bits per heavy atom. The molecule has 1 saturated heterocycles. The topological polar surface area (TPSA) is 69.6 Å². The van der Waals surface area contributed by atoms with Crippen LogP contribution >= 0.6 is 0 Å². The maximum Gasteiger partial charge on any atom is 0.320 e. The van der Waals surface area contributed by atoms with Crippen LogP contribution in [0, 0.1) is 0 Å². The maximum atomic E-state index is 11.8. The number of carboxylic acid groups (broad SMARTS) is 1. The number of amides is 1. The molecular formula is C13H14N2O3.